The number of ether oxygens (including phenoxy) is 2. The van der Waals surface area contributed by atoms with E-state index in [2.05, 4.69) is 4.90 Å². The molecule has 4 nitrogen and oxygen atoms in total. The minimum Gasteiger partial charge on any atom is -0.493 e. The molecule has 0 atom stereocenters. The van der Waals surface area contributed by atoms with Crippen LogP contribution in [0.15, 0.2) is 18.2 Å². The molecular formula is C17H25NO3. The van der Waals surface area contributed by atoms with Gasteiger partial charge in [0.25, 0.3) is 0 Å². The summed E-state index contributed by atoms with van der Waals surface area (Å²) in [7, 11) is 3.22. The Labute approximate surface area is 127 Å². The standard InChI is InChI=1S/C17H25NO3/c1-20-16-8-6-7-14(17(16)21-2)13-15(19)9-12-18-10-4-3-5-11-18/h6-8H,3-5,9-13H2,1-2H3. The summed E-state index contributed by atoms with van der Waals surface area (Å²) in [4.78, 5) is 14.6. The van der Waals surface area contributed by atoms with Crippen LogP contribution < -0.4 is 9.47 Å². The van der Waals surface area contributed by atoms with Gasteiger partial charge in [-0.25, -0.2) is 0 Å². The van der Waals surface area contributed by atoms with E-state index in [1.165, 1.54) is 19.3 Å². The average Bonchev–Trinajstić information content (AvgIpc) is 2.53. The second kappa shape index (κ2) is 8.03. The molecule has 1 aliphatic heterocycles. The van der Waals surface area contributed by atoms with Crippen molar-refractivity contribution in [3.05, 3.63) is 23.8 Å². The van der Waals surface area contributed by atoms with Crippen molar-refractivity contribution in [1.29, 1.82) is 0 Å². The third kappa shape index (κ3) is 4.46. The first-order chi connectivity index (χ1) is 10.2. The SMILES string of the molecule is COc1cccc(CC(=O)CCN2CCCCC2)c1OC. The van der Waals surface area contributed by atoms with Crippen molar-refractivity contribution in [3.63, 3.8) is 0 Å². The number of Topliss-reactive ketones (excluding diaryl/α,β-unsaturated/α-hetero) is 1. The Morgan fingerprint density at radius 3 is 2.57 bits per heavy atom. The molecule has 1 aliphatic rings. The number of nitrogens with zero attached hydrogens (tertiary/aromatic N) is 1. The van der Waals surface area contributed by atoms with Gasteiger partial charge in [0.2, 0.25) is 0 Å². The van der Waals surface area contributed by atoms with E-state index in [0.717, 1.165) is 25.2 Å². The Morgan fingerprint density at radius 2 is 1.90 bits per heavy atom. The zero-order chi connectivity index (χ0) is 15.1. The number of carbonyl (C=O) groups is 1. The zero-order valence-electron chi connectivity index (χ0n) is 13.1. The van der Waals surface area contributed by atoms with Crippen LogP contribution in [0.1, 0.15) is 31.2 Å². The van der Waals surface area contributed by atoms with Crippen LogP contribution in [0, 0.1) is 0 Å². The van der Waals surface area contributed by atoms with Crippen molar-refractivity contribution in [2.24, 2.45) is 0 Å². The summed E-state index contributed by atoms with van der Waals surface area (Å²) in [6, 6.07) is 5.68. The van der Waals surface area contributed by atoms with Gasteiger partial charge in [-0.3, -0.25) is 4.79 Å². The van der Waals surface area contributed by atoms with Gasteiger partial charge < -0.3 is 14.4 Å². The molecule has 2 rings (SSSR count). The molecule has 0 radical (unpaired) electrons. The van der Waals surface area contributed by atoms with E-state index in [0.29, 0.717) is 24.3 Å². The maximum atomic E-state index is 12.2. The molecule has 1 saturated heterocycles. The molecule has 1 fully saturated rings. The predicted octanol–water partition coefficient (Wildman–Crippen LogP) is 2.69. The molecular weight excluding hydrogens is 266 g/mol. The molecule has 21 heavy (non-hydrogen) atoms. The third-order valence-electron chi connectivity index (χ3n) is 4.03. The molecule has 0 saturated carbocycles. The highest BCUT2D eigenvalue weighted by atomic mass is 16.5. The van der Waals surface area contributed by atoms with Crippen LogP contribution in [0.2, 0.25) is 0 Å². The smallest absolute Gasteiger partial charge is 0.164 e. The van der Waals surface area contributed by atoms with Gasteiger partial charge in [-0.15, -0.1) is 0 Å². The molecule has 0 aliphatic carbocycles. The lowest BCUT2D eigenvalue weighted by atomic mass is 10.0. The normalized spacial score (nSPS) is 15.7. The molecule has 0 aromatic heterocycles. The second-order valence-corrected chi connectivity index (χ2v) is 5.52. The van der Waals surface area contributed by atoms with E-state index < -0.39 is 0 Å². The van der Waals surface area contributed by atoms with Gasteiger partial charge in [0.15, 0.2) is 11.5 Å². The van der Waals surface area contributed by atoms with E-state index >= 15 is 0 Å². The minimum atomic E-state index is 0.257. The highest BCUT2D eigenvalue weighted by Gasteiger charge is 2.15. The van der Waals surface area contributed by atoms with E-state index in [-0.39, 0.29) is 5.78 Å². The fourth-order valence-electron chi connectivity index (χ4n) is 2.86. The number of hydrogen-bond acceptors (Lipinski definition) is 4. The lowest BCUT2D eigenvalue weighted by Gasteiger charge is -2.26. The summed E-state index contributed by atoms with van der Waals surface area (Å²) < 4.78 is 10.6. The number of para-hydroxylation sites is 1. The largest absolute Gasteiger partial charge is 0.493 e. The lowest BCUT2D eigenvalue weighted by molar-refractivity contribution is -0.118. The Balaban J connectivity index is 1.90. The summed E-state index contributed by atoms with van der Waals surface area (Å²) in [6.45, 7) is 3.15. The van der Waals surface area contributed by atoms with Gasteiger partial charge in [0, 0.05) is 24.9 Å². The van der Waals surface area contributed by atoms with Crippen LogP contribution in [-0.2, 0) is 11.2 Å². The summed E-state index contributed by atoms with van der Waals surface area (Å²) >= 11 is 0. The molecule has 0 amide bonds. The Hall–Kier alpha value is -1.55. The number of benzene rings is 1. The second-order valence-electron chi connectivity index (χ2n) is 5.52. The molecule has 1 heterocycles. The predicted molar refractivity (Wildman–Crippen MR) is 83.2 cm³/mol. The number of carbonyl (C=O) groups excluding carboxylic acids is 1. The number of piperidine rings is 1. The van der Waals surface area contributed by atoms with Crippen molar-refractivity contribution in [2.45, 2.75) is 32.1 Å². The molecule has 0 spiro atoms. The van der Waals surface area contributed by atoms with Crippen LogP contribution in [0.25, 0.3) is 0 Å². The Morgan fingerprint density at radius 1 is 1.14 bits per heavy atom. The van der Waals surface area contributed by atoms with Gasteiger partial charge in [-0.05, 0) is 32.0 Å². The maximum Gasteiger partial charge on any atom is 0.164 e. The van der Waals surface area contributed by atoms with E-state index in [1.807, 2.05) is 18.2 Å². The highest BCUT2D eigenvalue weighted by molar-refractivity contribution is 5.82. The number of ketones is 1. The molecule has 0 unspecified atom stereocenters. The van der Waals surface area contributed by atoms with Gasteiger partial charge in [0.1, 0.15) is 5.78 Å². The van der Waals surface area contributed by atoms with Crippen LogP contribution in [0.4, 0.5) is 0 Å². The first kappa shape index (κ1) is 15.8. The number of rotatable bonds is 7. The molecule has 116 valence electrons. The van der Waals surface area contributed by atoms with Crippen molar-refractivity contribution in [2.75, 3.05) is 33.9 Å². The van der Waals surface area contributed by atoms with Crippen LogP contribution in [0.5, 0.6) is 11.5 Å². The van der Waals surface area contributed by atoms with Gasteiger partial charge in [-0.1, -0.05) is 18.6 Å². The molecule has 0 bridgehead atoms. The fourth-order valence-corrected chi connectivity index (χ4v) is 2.86. The van der Waals surface area contributed by atoms with Crippen molar-refractivity contribution >= 4 is 5.78 Å². The van der Waals surface area contributed by atoms with Gasteiger partial charge >= 0.3 is 0 Å². The summed E-state index contributed by atoms with van der Waals surface area (Å²) in [5.74, 6) is 1.61. The average molecular weight is 291 g/mol. The van der Waals surface area contributed by atoms with E-state index in [9.17, 15) is 4.79 Å². The van der Waals surface area contributed by atoms with Crippen LogP contribution in [-0.4, -0.2) is 44.5 Å². The first-order valence-corrected chi connectivity index (χ1v) is 7.68. The van der Waals surface area contributed by atoms with Crippen LogP contribution in [0.3, 0.4) is 0 Å². The van der Waals surface area contributed by atoms with Gasteiger partial charge in [-0.2, -0.15) is 0 Å². The highest BCUT2D eigenvalue weighted by Crippen LogP contribution is 2.31. The molecule has 1 aromatic rings. The third-order valence-corrected chi connectivity index (χ3v) is 4.03. The van der Waals surface area contributed by atoms with Crippen molar-refractivity contribution in [3.8, 4) is 11.5 Å². The fraction of sp³-hybridized carbons (Fsp3) is 0.588. The lowest BCUT2D eigenvalue weighted by Crippen LogP contribution is -2.31. The van der Waals surface area contributed by atoms with Gasteiger partial charge in [0.05, 0.1) is 14.2 Å². The first-order valence-electron chi connectivity index (χ1n) is 7.68. The molecule has 1 aromatic carbocycles. The van der Waals surface area contributed by atoms with Crippen molar-refractivity contribution < 1.29 is 14.3 Å². The molecule has 0 N–H and O–H groups in total. The topological polar surface area (TPSA) is 38.8 Å². The monoisotopic (exact) mass is 291 g/mol. The maximum absolute atomic E-state index is 12.2. The summed E-state index contributed by atoms with van der Waals surface area (Å²) in [5.41, 5.74) is 0.903. The number of hydrogen-bond donors (Lipinski definition) is 0. The van der Waals surface area contributed by atoms with E-state index in [1.54, 1.807) is 14.2 Å². The summed E-state index contributed by atoms with van der Waals surface area (Å²) in [6.07, 6.45) is 4.87. The Bertz CT molecular complexity index is 467. The van der Waals surface area contributed by atoms with E-state index in [4.69, 9.17) is 9.47 Å². The quantitative estimate of drug-likeness (QED) is 0.774. The Kier molecular flexibility index (Phi) is 6.05. The number of likely N-dealkylation sites (tertiary alicyclic amines) is 1. The number of methoxy groups -OCH3 is 2. The summed E-state index contributed by atoms with van der Waals surface area (Å²) in [5, 5.41) is 0. The zero-order valence-corrected chi connectivity index (χ0v) is 13.1. The molecule has 4 heteroatoms. The minimum absolute atomic E-state index is 0.257. The van der Waals surface area contributed by atoms with Crippen LogP contribution >= 0.6 is 0 Å². The van der Waals surface area contributed by atoms with Crippen molar-refractivity contribution in [1.82, 2.24) is 4.90 Å².